The van der Waals surface area contributed by atoms with Crippen molar-refractivity contribution >= 4 is 0 Å². The first-order chi connectivity index (χ1) is 9.85. The molecule has 2 fully saturated rings. The van der Waals surface area contributed by atoms with Gasteiger partial charge in [0.1, 0.15) is 0 Å². The summed E-state index contributed by atoms with van der Waals surface area (Å²) in [6.07, 6.45) is 3.45. The molecule has 0 spiro atoms. The molecule has 4 rings (SSSR count). The van der Waals surface area contributed by atoms with E-state index in [1.807, 2.05) is 0 Å². The van der Waals surface area contributed by atoms with Crippen molar-refractivity contribution in [1.82, 2.24) is 0 Å². The molecule has 3 unspecified atom stereocenters. The van der Waals surface area contributed by atoms with Gasteiger partial charge in [0.05, 0.1) is 6.10 Å². The molecule has 0 aliphatic heterocycles. The van der Waals surface area contributed by atoms with E-state index in [-0.39, 0.29) is 11.5 Å². The van der Waals surface area contributed by atoms with Crippen molar-refractivity contribution in [3.8, 4) is 0 Å². The third-order valence-corrected chi connectivity index (χ3v) is 5.53. The second-order valence-corrected chi connectivity index (χ2v) is 6.25. The first-order valence-electron chi connectivity index (χ1n) is 7.64. The van der Waals surface area contributed by atoms with Gasteiger partial charge in [0.25, 0.3) is 0 Å². The van der Waals surface area contributed by atoms with Gasteiger partial charge < -0.3 is 5.11 Å². The van der Waals surface area contributed by atoms with Gasteiger partial charge in [-0.2, -0.15) is 0 Å². The maximum Gasteiger partial charge on any atom is 0.0711 e. The third-order valence-electron chi connectivity index (χ3n) is 5.53. The number of aliphatic hydroxyl groups excluding tert-OH is 1. The quantitative estimate of drug-likeness (QED) is 0.875. The molecule has 0 heterocycles. The van der Waals surface area contributed by atoms with E-state index < -0.39 is 0 Å². The first-order valence-corrected chi connectivity index (χ1v) is 7.64. The molecule has 2 aromatic rings. The zero-order valence-corrected chi connectivity index (χ0v) is 11.6. The molecule has 1 N–H and O–H groups in total. The van der Waals surface area contributed by atoms with Gasteiger partial charge in [0.15, 0.2) is 0 Å². The minimum Gasteiger partial charge on any atom is -0.392 e. The highest BCUT2D eigenvalue weighted by Crippen LogP contribution is 2.62. The van der Waals surface area contributed by atoms with Crippen LogP contribution in [0, 0.1) is 11.8 Å². The Balaban J connectivity index is 1.91. The van der Waals surface area contributed by atoms with Crippen molar-refractivity contribution < 1.29 is 5.11 Å². The molecule has 2 aliphatic rings. The number of hydrogen-bond acceptors (Lipinski definition) is 1. The zero-order chi connectivity index (χ0) is 13.6. The van der Waals surface area contributed by atoms with E-state index in [2.05, 4.69) is 60.7 Å². The van der Waals surface area contributed by atoms with Gasteiger partial charge in [-0.05, 0) is 35.8 Å². The second kappa shape index (κ2) is 4.46. The number of rotatable bonds is 2. The summed E-state index contributed by atoms with van der Waals surface area (Å²) in [5, 5.41) is 10.9. The summed E-state index contributed by atoms with van der Waals surface area (Å²) in [7, 11) is 0. The Morgan fingerprint density at radius 1 is 0.800 bits per heavy atom. The lowest BCUT2D eigenvalue weighted by Gasteiger charge is -2.58. The number of fused-ring (bicyclic) bond motifs is 1. The Labute approximate surface area is 120 Å². The fourth-order valence-corrected chi connectivity index (χ4v) is 4.73. The zero-order valence-electron chi connectivity index (χ0n) is 11.6. The van der Waals surface area contributed by atoms with Gasteiger partial charge in [0.2, 0.25) is 0 Å². The molecule has 0 radical (unpaired) electrons. The third kappa shape index (κ3) is 1.42. The minimum atomic E-state index is -0.236. The standard InChI is InChI=1S/C19H20O/c20-18-16-12-7-13-17(16)19(18,14-8-3-1-4-9-14)15-10-5-2-6-11-15/h1-6,8-11,16-18,20H,7,12-13H2. The predicted octanol–water partition coefficient (Wildman–Crippen LogP) is 3.76. The summed E-state index contributed by atoms with van der Waals surface area (Å²) < 4.78 is 0. The first kappa shape index (κ1) is 12.2. The molecule has 0 amide bonds. The molecule has 20 heavy (non-hydrogen) atoms. The van der Waals surface area contributed by atoms with Crippen LogP contribution in [0.25, 0.3) is 0 Å². The van der Waals surface area contributed by atoms with Crippen molar-refractivity contribution in [3.63, 3.8) is 0 Å². The maximum atomic E-state index is 10.9. The van der Waals surface area contributed by atoms with E-state index in [1.54, 1.807) is 0 Å². The van der Waals surface area contributed by atoms with E-state index >= 15 is 0 Å². The average molecular weight is 264 g/mol. The number of hydrogen-bond donors (Lipinski definition) is 1. The molecule has 2 saturated carbocycles. The highest BCUT2D eigenvalue weighted by molar-refractivity contribution is 5.47. The summed E-state index contributed by atoms with van der Waals surface area (Å²) in [6.45, 7) is 0. The van der Waals surface area contributed by atoms with Crippen LogP contribution in [0.4, 0.5) is 0 Å². The monoisotopic (exact) mass is 264 g/mol. The average Bonchev–Trinajstić information content (AvgIpc) is 2.95. The van der Waals surface area contributed by atoms with Crippen LogP contribution in [0.5, 0.6) is 0 Å². The Hall–Kier alpha value is -1.60. The number of aliphatic hydroxyl groups is 1. The molecule has 1 nitrogen and oxygen atoms in total. The van der Waals surface area contributed by atoms with Crippen LogP contribution in [0.2, 0.25) is 0 Å². The Bertz CT molecular complexity index is 550. The van der Waals surface area contributed by atoms with E-state index in [1.165, 1.54) is 30.4 Å². The molecule has 2 aliphatic carbocycles. The highest BCUT2D eigenvalue weighted by atomic mass is 16.3. The summed E-state index contributed by atoms with van der Waals surface area (Å²) >= 11 is 0. The van der Waals surface area contributed by atoms with Crippen LogP contribution in [-0.4, -0.2) is 11.2 Å². The Kier molecular flexibility index (Phi) is 2.71. The molecule has 0 aromatic heterocycles. The number of benzene rings is 2. The van der Waals surface area contributed by atoms with Gasteiger partial charge >= 0.3 is 0 Å². The largest absolute Gasteiger partial charge is 0.392 e. The molecule has 102 valence electrons. The van der Waals surface area contributed by atoms with Gasteiger partial charge in [-0.3, -0.25) is 0 Å². The molecular weight excluding hydrogens is 244 g/mol. The maximum absolute atomic E-state index is 10.9. The Morgan fingerprint density at radius 3 is 1.90 bits per heavy atom. The van der Waals surface area contributed by atoms with Crippen LogP contribution in [0.1, 0.15) is 30.4 Å². The highest BCUT2D eigenvalue weighted by Gasteiger charge is 2.63. The second-order valence-electron chi connectivity index (χ2n) is 6.25. The van der Waals surface area contributed by atoms with Gasteiger partial charge in [0, 0.05) is 5.41 Å². The van der Waals surface area contributed by atoms with Crippen molar-refractivity contribution in [2.45, 2.75) is 30.8 Å². The smallest absolute Gasteiger partial charge is 0.0711 e. The van der Waals surface area contributed by atoms with Gasteiger partial charge in [-0.25, -0.2) is 0 Å². The van der Waals surface area contributed by atoms with Crippen molar-refractivity contribution in [1.29, 1.82) is 0 Å². The van der Waals surface area contributed by atoms with Gasteiger partial charge in [-0.15, -0.1) is 0 Å². The van der Waals surface area contributed by atoms with Crippen LogP contribution >= 0.6 is 0 Å². The lowest BCUT2D eigenvalue weighted by molar-refractivity contribution is -0.0911. The fraction of sp³-hybridized carbons (Fsp3) is 0.368. The van der Waals surface area contributed by atoms with Crippen LogP contribution in [0.15, 0.2) is 60.7 Å². The topological polar surface area (TPSA) is 20.2 Å². The summed E-state index contributed by atoms with van der Waals surface area (Å²) in [4.78, 5) is 0. The SMILES string of the molecule is OC1C2CCCC2C1(c1ccccc1)c1ccccc1. The molecule has 0 saturated heterocycles. The van der Waals surface area contributed by atoms with Crippen LogP contribution in [0.3, 0.4) is 0 Å². The van der Waals surface area contributed by atoms with Crippen LogP contribution in [-0.2, 0) is 5.41 Å². The predicted molar refractivity (Wildman–Crippen MR) is 80.5 cm³/mol. The van der Waals surface area contributed by atoms with Gasteiger partial charge in [-0.1, -0.05) is 67.1 Å². The molecule has 2 aromatic carbocycles. The Morgan fingerprint density at radius 2 is 1.35 bits per heavy atom. The normalized spacial score (nSPS) is 30.6. The molecule has 1 heteroatoms. The van der Waals surface area contributed by atoms with Crippen LogP contribution < -0.4 is 0 Å². The van der Waals surface area contributed by atoms with E-state index in [4.69, 9.17) is 0 Å². The fourth-order valence-electron chi connectivity index (χ4n) is 4.73. The van der Waals surface area contributed by atoms with Crippen molar-refractivity contribution in [3.05, 3.63) is 71.8 Å². The lowest BCUT2D eigenvalue weighted by Crippen LogP contribution is -2.62. The van der Waals surface area contributed by atoms with E-state index in [9.17, 15) is 5.11 Å². The summed E-state index contributed by atoms with van der Waals surface area (Å²) in [6, 6.07) is 21.2. The van der Waals surface area contributed by atoms with Crippen molar-refractivity contribution in [2.75, 3.05) is 0 Å². The summed E-state index contributed by atoms with van der Waals surface area (Å²) in [5.74, 6) is 1.10. The summed E-state index contributed by atoms with van der Waals surface area (Å²) in [5.41, 5.74) is 2.38. The molecule has 3 atom stereocenters. The van der Waals surface area contributed by atoms with E-state index in [0.29, 0.717) is 11.8 Å². The minimum absolute atomic E-state index is 0.177. The molecule has 0 bridgehead atoms. The van der Waals surface area contributed by atoms with Crippen molar-refractivity contribution in [2.24, 2.45) is 11.8 Å². The molecular formula is C19H20O. The van der Waals surface area contributed by atoms with E-state index in [0.717, 1.165) is 0 Å². The lowest BCUT2D eigenvalue weighted by atomic mass is 9.47.